The van der Waals surface area contributed by atoms with Crippen LogP contribution in [0.5, 0.6) is 0 Å². The molecule has 0 saturated heterocycles. The van der Waals surface area contributed by atoms with Gasteiger partial charge in [-0.3, -0.25) is 4.79 Å². The number of carboxylic acid groups (broad SMARTS) is 1. The number of benzene rings is 1. The van der Waals surface area contributed by atoms with Crippen molar-refractivity contribution in [3.63, 3.8) is 0 Å². The Balaban J connectivity index is 2.37. The summed E-state index contributed by atoms with van der Waals surface area (Å²) in [4.78, 5) is 16.4. The molecule has 0 aliphatic heterocycles. The van der Waals surface area contributed by atoms with Crippen molar-refractivity contribution in [2.45, 2.75) is 42.5 Å². The Hall–Kier alpha value is -1.17. The lowest BCUT2D eigenvalue weighted by molar-refractivity contribution is -0.137. The van der Waals surface area contributed by atoms with Gasteiger partial charge in [-0.15, -0.1) is 0 Å². The molecule has 0 spiro atoms. The first-order chi connectivity index (χ1) is 10.8. The van der Waals surface area contributed by atoms with E-state index in [0.29, 0.717) is 16.5 Å². The number of hydrogen-bond donors (Lipinski definition) is 1. The van der Waals surface area contributed by atoms with Crippen molar-refractivity contribution in [2.24, 2.45) is 7.05 Å². The molecule has 0 unspecified atom stereocenters. The van der Waals surface area contributed by atoms with Crippen LogP contribution in [-0.2, 0) is 18.3 Å². The number of carboxylic acids is 1. The number of hydrogen-bond acceptors (Lipinski definition) is 3. The molecule has 0 aliphatic carbocycles. The van der Waals surface area contributed by atoms with Gasteiger partial charge < -0.3 is 9.67 Å². The Morgan fingerprint density at radius 1 is 1.30 bits per heavy atom. The van der Waals surface area contributed by atoms with Gasteiger partial charge in [0.25, 0.3) is 0 Å². The van der Waals surface area contributed by atoms with E-state index < -0.39 is 5.97 Å². The minimum Gasteiger partial charge on any atom is -0.481 e. The minimum absolute atomic E-state index is 0.0650. The zero-order valence-corrected chi connectivity index (χ0v) is 15.5. The molecule has 1 aromatic carbocycles. The third-order valence-electron chi connectivity index (χ3n) is 3.32. The first kappa shape index (κ1) is 18.2. The molecule has 0 fully saturated rings. The maximum Gasteiger partial charge on any atom is 0.303 e. The van der Waals surface area contributed by atoms with E-state index in [-0.39, 0.29) is 12.3 Å². The highest BCUT2D eigenvalue weighted by atomic mass is 35.5. The second-order valence-electron chi connectivity index (χ2n) is 5.53. The third-order valence-corrected chi connectivity index (χ3v) is 4.90. The van der Waals surface area contributed by atoms with Gasteiger partial charge in [-0.25, -0.2) is 4.98 Å². The molecule has 1 heterocycles. The predicted molar refractivity (Wildman–Crippen MR) is 93.8 cm³/mol. The van der Waals surface area contributed by atoms with Gasteiger partial charge >= 0.3 is 5.97 Å². The molecular weight excluding hydrogens is 355 g/mol. The monoisotopic (exact) mass is 372 g/mol. The number of aliphatic carboxylic acids is 1. The molecule has 0 aliphatic rings. The smallest absolute Gasteiger partial charge is 0.303 e. The zero-order chi connectivity index (χ0) is 17.1. The van der Waals surface area contributed by atoms with Crippen molar-refractivity contribution >= 4 is 40.9 Å². The maximum atomic E-state index is 10.8. The van der Waals surface area contributed by atoms with Crippen LogP contribution in [0.3, 0.4) is 0 Å². The summed E-state index contributed by atoms with van der Waals surface area (Å²) in [5.74, 6) is 0.179. The Kier molecular flexibility index (Phi) is 6.00. The van der Waals surface area contributed by atoms with Crippen LogP contribution in [0.2, 0.25) is 10.0 Å². The van der Waals surface area contributed by atoms with Gasteiger partial charge in [-0.1, -0.05) is 48.8 Å². The first-order valence-electron chi connectivity index (χ1n) is 7.19. The summed E-state index contributed by atoms with van der Waals surface area (Å²) in [6.07, 6.45) is 0.470. The molecule has 0 amide bonds. The summed E-state index contributed by atoms with van der Waals surface area (Å²) in [6, 6.07) is 5.40. The second kappa shape index (κ2) is 7.60. The molecule has 124 valence electrons. The summed E-state index contributed by atoms with van der Waals surface area (Å²) in [5.41, 5.74) is 0.953. The molecular formula is C16H18Cl2N2O2S. The van der Waals surface area contributed by atoms with Crippen LogP contribution in [0, 0.1) is 0 Å². The molecule has 0 saturated carbocycles. The number of rotatable bonds is 6. The molecule has 1 aromatic heterocycles. The van der Waals surface area contributed by atoms with E-state index in [1.807, 2.05) is 23.7 Å². The average molecular weight is 373 g/mol. The SMILES string of the molecule is CC(C)c1nc(CCC(=O)O)n(C)c1Sc1cc(Cl)cc(Cl)c1. The quantitative estimate of drug-likeness (QED) is 0.773. The highest BCUT2D eigenvalue weighted by Crippen LogP contribution is 2.36. The lowest BCUT2D eigenvalue weighted by Gasteiger charge is -2.09. The number of carbonyl (C=O) groups is 1. The Morgan fingerprint density at radius 2 is 1.91 bits per heavy atom. The summed E-state index contributed by atoms with van der Waals surface area (Å²) in [6.45, 7) is 4.14. The van der Waals surface area contributed by atoms with Crippen LogP contribution in [0.25, 0.3) is 0 Å². The highest BCUT2D eigenvalue weighted by molar-refractivity contribution is 7.99. The van der Waals surface area contributed by atoms with E-state index in [4.69, 9.17) is 28.3 Å². The van der Waals surface area contributed by atoms with E-state index in [9.17, 15) is 4.79 Å². The summed E-state index contributed by atoms with van der Waals surface area (Å²) in [5, 5.41) is 11.0. The number of nitrogens with zero attached hydrogens (tertiary/aromatic N) is 2. The number of aromatic nitrogens is 2. The van der Waals surface area contributed by atoms with Crippen LogP contribution >= 0.6 is 35.0 Å². The van der Waals surface area contributed by atoms with Crippen molar-refractivity contribution in [1.82, 2.24) is 9.55 Å². The lowest BCUT2D eigenvalue weighted by Crippen LogP contribution is -2.03. The van der Waals surface area contributed by atoms with Gasteiger partial charge in [0.2, 0.25) is 0 Å². The summed E-state index contributed by atoms with van der Waals surface area (Å²) in [7, 11) is 1.91. The van der Waals surface area contributed by atoms with Crippen LogP contribution in [-0.4, -0.2) is 20.6 Å². The molecule has 23 heavy (non-hydrogen) atoms. The molecule has 1 N–H and O–H groups in total. The Morgan fingerprint density at radius 3 is 2.43 bits per heavy atom. The fraction of sp³-hybridized carbons (Fsp3) is 0.375. The molecule has 0 bridgehead atoms. The number of imidazole rings is 1. The van der Waals surface area contributed by atoms with Gasteiger partial charge in [0.15, 0.2) is 0 Å². The maximum absolute atomic E-state index is 10.8. The van der Waals surface area contributed by atoms with Gasteiger partial charge in [0.05, 0.1) is 12.1 Å². The average Bonchev–Trinajstić information content (AvgIpc) is 2.73. The normalized spacial score (nSPS) is 11.2. The van der Waals surface area contributed by atoms with Gasteiger partial charge in [0, 0.05) is 28.4 Å². The standard InChI is InChI=1S/C16H18Cl2N2O2S/c1-9(2)15-16(20(3)13(19-15)4-5-14(21)22)23-12-7-10(17)6-11(18)8-12/h6-9H,4-5H2,1-3H3,(H,21,22). The van der Waals surface area contributed by atoms with Crippen molar-refractivity contribution in [3.05, 3.63) is 39.8 Å². The van der Waals surface area contributed by atoms with Crippen molar-refractivity contribution in [2.75, 3.05) is 0 Å². The lowest BCUT2D eigenvalue weighted by atomic mass is 10.1. The molecule has 0 atom stereocenters. The van der Waals surface area contributed by atoms with Gasteiger partial charge in [0.1, 0.15) is 10.9 Å². The summed E-state index contributed by atoms with van der Waals surface area (Å²) >= 11 is 13.7. The van der Waals surface area contributed by atoms with Gasteiger partial charge in [-0.2, -0.15) is 0 Å². The molecule has 0 radical (unpaired) electrons. The topological polar surface area (TPSA) is 55.1 Å². The number of aryl methyl sites for hydroxylation is 1. The first-order valence-corrected chi connectivity index (χ1v) is 8.76. The Bertz CT molecular complexity index is 709. The zero-order valence-electron chi connectivity index (χ0n) is 13.1. The van der Waals surface area contributed by atoms with E-state index in [1.54, 1.807) is 6.07 Å². The molecule has 7 heteroatoms. The van der Waals surface area contributed by atoms with E-state index in [0.717, 1.165) is 21.4 Å². The van der Waals surface area contributed by atoms with Gasteiger partial charge in [-0.05, 0) is 24.1 Å². The molecule has 2 aromatic rings. The second-order valence-corrected chi connectivity index (χ2v) is 7.47. The predicted octanol–water partition coefficient (Wildman–Crippen LogP) is 5.02. The van der Waals surface area contributed by atoms with Crippen LogP contribution in [0.4, 0.5) is 0 Å². The summed E-state index contributed by atoms with van der Waals surface area (Å²) < 4.78 is 1.96. The van der Waals surface area contributed by atoms with Crippen LogP contribution in [0.15, 0.2) is 28.1 Å². The molecule has 2 rings (SSSR count). The highest BCUT2D eigenvalue weighted by Gasteiger charge is 2.19. The van der Waals surface area contributed by atoms with Crippen molar-refractivity contribution in [3.8, 4) is 0 Å². The van der Waals surface area contributed by atoms with E-state index >= 15 is 0 Å². The van der Waals surface area contributed by atoms with Crippen LogP contribution in [0.1, 0.15) is 37.7 Å². The fourth-order valence-corrected chi connectivity index (χ4v) is 4.07. The largest absolute Gasteiger partial charge is 0.481 e. The van der Waals surface area contributed by atoms with Crippen molar-refractivity contribution in [1.29, 1.82) is 0 Å². The van der Waals surface area contributed by atoms with E-state index in [2.05, 4.69) is 18.8 Å². The third kappa shape index (κ3) is 4.66. The van der Waals surface area contributed by atoms with Crippen molar-refractivity contribution < 1.29 is 9.90 Å². The number of halogens is 2. The molecule has 4 nitrogen and oxygen atoms in total. The van der Waals surface area contributed by atoms with Crippen LogP contribution < -0.4 is 0 Å². The minimum atomic E-state index is -0.824. The Labute approximate surface area is 149 Å². The van der Waals surface area contributed by atoms with E-state index in [1.165, 1.54) is 11.8 Å². The fourth-order valence-electron chi connectivity index (χ4n) is 2.19.